The Balaban J connectivity index is 1.53. The number of rotatable bonds is 6. The van der Waals surface area contributed by atoms with E-state index >= 15 is 0 Å². The van der Waals surface area contributed by atoms with Crippen molar-refractivity contribution in [3.8, 4) is 11.5 Å². The highest BCUT2D eigenvalue weighted by Crippen LogP contribution is 2.21. The van der Waals surface area contributed by atoms with Gasteiger partial charge in [-0.2, -0.15) is 5.10 Å². The Bertz CT molecular complexity index is 1080. The van der Waals surface area contributed by atoms with Crippen LogP contribution in [0.15, 0.2) is 47.6 Å². The molecule has 1 heterocycles. The van der Waals surface area contributed by atoms with Crippen LogP contribution >= 0.6 is 11.3 Å². The Morgan fingerprint density at radius 2 is 2.00 bits per heavy atom. The summed E-state index contributed by atoms with van der Waals surface area (Å²) in [6.45, 7) is 1.89. The molecule has 0 atom stereocenters. The van der Waals surface area contributed by atoms with E-state index in [0.29, 0.717) is 16.1 Å². The first kappa shape index (κ1) is 20.0. The molecular weight excluding hydrogens is 394 g/mol. The number of hydrogen-bond donors (Lipinski definition) is 4. The normalized spacial score (nSPS) is 10.8. The third kappa shape index (κ3) is 5.59. The molecule has 3 rings (SSSR count). The quantitative estimate of drug-likeness (QED) is 0.363. The molecule has 29 heavy (non-hydrogen) atoms. The number of phenols is 2. The molecule has 0 unspecified atom stereocenters. The summed E-state index contributed by atoms with van der Waals surface area (Å²) >= 11 is 1.09. The first-order valence-corrected chi connectivity index (χ1v) is 9.26. The van der Waals surface area contributed by atoms with Gasteiger partial charge in [0.1, 0.15) is 16.5 Å². The Kier molecular flexibility index (Phi) is 6.15. The molecule has 0 aliphatic carbocycles. The van der Waals surface area contributed by atoms with Crippen LogP contribution in [0.2, 0.25) is 0 Å². The van der Waals surface area contributed by atoms with E-state index in [9.17, 15) is 19.8 Å². The molecule has 0 spiro atoms. The number of amides is 2. The number of benzene rings is 2. The van der Waals surface area contributed by atoms with Crippen molar-refractivity contribution in [3.05, 3.63) is 64.2 Å². The van der Waals surface area contributed by atoms with Crippen molar-refractivity contribution in [2.45, 2.75) is 13.3 Å². The molecule has 148 valence electrons. The zero-order valence-electron chi connectivity index (χ0n) is 15.3. The van der Waals surface area contributed by atoms with Crippen LogP contribution in [-0.4, -0.2) is 38.4 Å². The van der Waals surface area contributed by atoms with Crippen molar-refractivity contribution in [2.24, 2.45) is 5.10 Å². The second-order valence-corrected chi connectivity index (χ2v) is 7.10. The number of carbonyl (C=O) groups is 2. The van der Waals surface area contributed by atoms with Gasteiger partial charge in [-0.05, 0) is 31.2 Å². The van der Waals surface area contributed by atoms with Gasteiger partial charge in [0.2, 0.25) is 11.0 Å². The number of phenolic OH excluding ortho intramolecular Hbond substituents is 2. The summed E-state index contributed by atoms with van der Waals surface area (Å²) in [7, 11) is 0. The van der Waals surface area contributed by atoms with Gasteiger partial charge in [0, 0.05) is 17.2 Å². The van der Waals surface area contributed by atoms with Crippen molar-refractivity contribution < 1.29 is 19.8 Å². The minimum atomic E-state index is -0.438. The lowest BCUT2D eigenvalue weighted by molar-refractivity contribution is -0.120. The number of aromatic nitrogens is 2. The van der Waals surface area contributed by atoms with Crippen LogP contribution in [0.25, 0.3) is 0 Å². The zero-order valence-corrected chi connectivity index (χ0v) is 16.1. The Labute approximate surface area is 169 Å². The van der Waals surface area contributed by atoms with Gasteiger partial charge in [0.25, 0.3) is 5.91 Å². The first-order chi connectivity index (χ1) is 13.9. The number of hydrazone groups is 1. The summed E-state index contributed by atoms with van der Waals surface area (Å²) in [6.07, 6.45) is 1.18. The Morgan fingerprint density at radius 1 is 1.17 bits per heavy atom. The minimum absolute atomic E-state index is 0.0725. The van der Waals surface area contributed by atoms with Crippen LogP contribution < -0.4 is 10.7 Å². The molecule has 9 nitrogen and oxygen atoms in total. The maximum absolute atomic E-state index is 12.2. The molecule has 0 fully saturated rings. The predicted octanol–water partition coefficient (Wildman–Crippen LogP) is 2.20. The number of nitrogens with zero attached hydrogens (tertiary/aromatic N) is 3. The van der Waals surface area contributed by atoms with Crippen molar-refractivity contribution in [3.63, 3.8) is 0 Å². The summed E-state index contributed by atoms with van der Waals surface area (Å²) in [5.41, 5.74) is 4.12. The highest BCUT2D eigenvalue weighted by atomic mass is 32.1. The molecule has 4 N–H and O–H groups in total. The Morgan fingerprint density at radius 3 is 2.76 bits per heavy atom. The van der Waals surface area contributed by atoms with E-state index in [-0.39, 0.29) is 29.0 Å². The van der Waals surface area contributed by atoms with E-state index in [0.717, 1.165) is 23.0 Å². The lowest BCUT2D eigenvalue weighted by Crippen LogP contribution is -2.19. The fourth-order valence-electron chi connectivity index (χ4n) is 2.32. The molecule has 0 radical (unpaired) electrons. The van der Waals surface area contributed by atoms with Crippen LogP contribution in [0.4, 0.5) is 5.13 Å². The fourth-order valence-corrected chi connectivity index (χ4v) is 3.06. The second-order valence-electron chi connectivity index (χ2n) is 6.04. The standard InChI is InChI=1S/C19H17N5O4S/c1-11-3-2-4-12(7-11)18(28)21-19-24-23-17(29-19)9-16(27)22-20-10-13-5-6-14(25)8-15(13)26/h2-8,10,25-26H,9H2,1H3,(H,22,27)(H,21,24,28)/b20-10+. The molecule has 2 amide bonds. The summed E-state index contributed by atoms with van der Waals surface area (Å²) in [5.74, 6) is -0.988. The van der Waals surface area contributed by atoms with E-state index in [1.165, 1.54) is 18.3 Å². The molecule has 0 aliphatic rings. The SMILES string of the molecule is Cc1cccc(C(=O)Nc2nnc(CC(=O)N/N=C/c3ccc(O)cc3O)s2)c1. The van der Waals surface area contributed by atoms with Gasteiger partial charge >= 0.3 is 0 Å². The number of aryl methyl sites for hydroxylation is 1. The summed E-state index contributed by atoms with van der Waals surface area (Å²) in [5, 5.41) is 33.7. The van der Waals surface area contributed by atoms with Crippen molar-refractivity contribution in [1.82, 2.24) is 15.6 Å². The van der Waals surface area contributed by atoms with E-state index in [4.69, 9.17) is 0 Å². The highest BCUT2D eigenvalue weighted by molar-refractivity contribution is 7.15. The van der Waals surface area contributed by atoms with Crippen molar-refractivity contribution in [1.29, 1.82) is 0 Å². The second kappa shape index (κ2) is 8.93. The molecule has 0 saturated carbocycles. The van der Waals surface area contributed by atoms with E-state index in [1.807, 2.05) is 13.0 Å². The third-order valence-electron chi connectivity index (χ3n) is 3.69. The summed E-state index contributed by atoms with van der Waals surface area (Å²) in [6, 6.07) is 11.1. The van der Waals surface area contributed by atoms with Crippen LogP contribution in [0.3, 0.4) is 0 Å². The molecule has 0 saturated heterocycles. The van der Waals surface area contributed by atoms with Crippen LogP contribution in [0, 0.1) is 6.92 Å². The fraction of sp³-hybridized carbons (Fsp3) is 0.105. The molecular formula is C19H17N5O4S. The lowest BCUT2D eigenvalue weighted by atomic mass is 10.1. The van der Waals surface area contributed by atoms with Crippen LogP contribution in [0.1, 0.15) is 26.5 Å². The minimum Gasteiger partial charge on any atom is -0.508 e. The average Bonchev–Trinajstić information content (AvgIpc) is 3.10. The van der Waals surface area contributed by atoms with E-state index in [2.05, 4.69) is 26.0 Å². The summed E-state index contributed by atoms with van der Waals surface area (Å²) < 4.78 is 0. The summed E-state index contributed by atoms with van der Waals surface area (Å²) in [4.78, 5) is 24.2. The molecule has 3 aromatic rings. The van der Waals surface area contributed by atoms with E-state index in [1.54, 1.807) is 18.2 Å². The maximum Gasteiger partial charge on any atom is 0.257 e. The number of carbonyl (C=O) groups excluding carboxylic acids is 2. The molecule has 1 aromatic heterocycles. The number of hydrogen-bond acceptors (Lipinski definition) is 8. The number of nitrogens with one attached hydrogen (secondary N) is 2. The van der Waals surface area contributed by atoms with Crippen LogP contribution in [0.5, 0.6) is 11.5 Å². The monoisotopic (exact) mass is 411 g/mol. The maximum atomic E-state index is 12.2. The van der Waals surface area contributed by atoms with Crippen molar-refractivity contribution >= 4 is 34.5 Å². The topological polar surface area (TPSA) is 137 Å². The van der Waals surface area contributed by atoms with Gasteiger partial charge in [-0.25, -0.2) is 5.43 Å². The zero-order chi connectivity index (χ0) is 20.8. The highest BCUT2D eigenvalue weighted by Gasteiger charge is 2.12. The molecule has 0 bridgehead atoms. The molecule has 0 aliphatic heterocycles. The first-order valence-electron chi connectivity index (χ1n) is 8.45. The molecule has 10 heteroatoms. The lowest BCUT2D eigenvalue weighted by Gasteiger charge is -2.01. The van der Waals surface area contributed by atoms with Gasteiger partial charge in [0.15, 0.2) is 0 Å². The number of aromatic hydroxyl groups is 2. The molecule has 2 aromatic carbocycles. The van der Waals surface area contributed by atoms with Gasteiger partial charge in [-0.1, -0.05) is 29.0 Å². The van der Waals surface area contributed by atoms with Gasteiger partial charge in [-0.15, -0.1) is 10.2 Å². The van der Waals surface area contributed by atoms with Gasteiger partial charge in [-0.3, -0.25) is 14.9 Å². The van der Waals surface area contributed by atoms with Crippen molar-refractivity contribution in [2.75, 3.05) is 5.32 Å². The van der Waals surface area contributed by atoms with Gasteiger partial charge < -0.3 is 10.2 Å². The largest absolute Gasteiger partial charge is 0.508 e. The van der Waals surface area contributed by atoms with E-state index < -0.39 is 5.91 Å². The smallest absolute Gasteiger partial charge is 0.257 e. The Hall–Kier alpha value is -3.79. The third-order valence-corrected chi connectivity index (χ3v) is 4.52. The average molecular weight is 411 g/mol. The predicted molar refractivity (Wildman–Crippen MR) is 108 cm³/mol. The number of anilines is 1. The van der Waals surface area contributed by atoms with Crippen LogP contribution in [-0.2, 0) is 11.2 Å². The van der Waals surface area contributed by atoms with Gasteiger partial charge in [0.05, 0.1) is 12.6 Å².